The first kappa shape index (κ1) is 65.8. The largest absolute Gasteiger partial charge is 0.462 e. The van der Waals surface area contributed by atoms with Crippen LogP contribution in [0.4, 0.5) is 0 Å². The van der Waals surface area contributed by atoms with E-state index in [1.807, 2.05) is 6.08 Å². The summed E-state index contributed by atoms with van der Waals surface area (Å²) in [6, 6.07) is 0. The Hall–Kier alpha value is -3.15. The zero-order valence-corrected chi connectivity index (χ0v) is 45.6. The third kappa shape index (κ3) is 55.6. The van der Waals surface area contributed by atoms with Crippen molar-refractivity contribution in [3.05, 3.63) is 72.9 Å². The van der Waals surface area contributed by atoms with Gasteiger partial charge in [0.1, 0.15) is 13.2 Å². The van der Waals surface area contributed by atoms with Gasteiger partial charge in [-0.1, -0.05) is 267 Å². The molecule has 69 heavy (non-hydrogen) atoms. The lowest BCUT2D eigenvalue weighted by molar-refractivity contribution is -0.166. The van der Waals surface area contributed by atoms with E-state index in [4.69, 9.17) is 14.2 Å². The van der Waals surface area contributed by atoms with Gasteiger partial charge in [-0.15, -0.1) is 0 Å². The van der Waals surface area contributed by atoms with Crippen LogP contribution in [0, 0.1) is 0 Å². The summed E-state index contributed by atoms with van der Waals surface area (Å²) in [6.07, 6.45) is 73.4. The Morgan fingerprint density at radius 1 is 0.304 bits per heavy atom. The number of hydrogen-bond donors (Lipinski definition) is 0. The molecule has 0 heterocycles. The SMILES string of the molecule is CC/C=C\C/C=C\C/C=C\C/C=C\C/C=C\CCC(=O)OCC(COC(=O)CCCCCCC/C=C\CCCCCCCCCCC)OC(=O)CCCCCCCCCCCCCCCCCCC. The van der Waals surface area contributed by atoms with E-state index in [1.54, 1.807) is 0 Å². The first-order valence-corrected chi connectivity index (χ1v) is 29.4. The Morgan fingerprint density at radius 2 is 0.594 bits per heavy atom. The third-order valence-electron chi connectivity index (χ3n) is 12.7. The molecule has 6 nitrogen and oxygen atoms in total. The van der Waals surface area contributed by atoms with Crippen LogP contribution in [0.3, 0.4) is 0 Å². The second-order valence-corrected chi connectivity index (χ2v) is 19.5. The molecule has 0 rings (SSSR count). The Morgan fingerprint density at radius 3 is 0.971 bits per heavy atom. The van der Waals surface area contributed by atoms with E-state index in [2.05, 4.69) is 87.6 Å². The highest BCUT2D eigenvalue weighted by Gasteiger charge is 2.19. The second kappa shape index (κ2) is 57.4. The maximum absolute atomic E-state index is 12.9. The molecule has 0 aliphatic carbocycles. The molecule has 0 aromatic carbocycles. The molecule has 0 saturated heterocycles. The third-order valence-corrected chi connectivity index (χ3v) is 12.7. The smallest absolute Gasteiger partial charge is 0.306 e. The maximum atomic E-state index is 12.9. The van der Waals surface area contributed by atoms with Crippen LogP contribution in [0.25, 0.3) is 0 Å². The van der Waals surface area contributed by atoms with Crippen molar-refractivity contribution in [2.24, 2.45) is 0 Å². The van der Waals surface area contributed by atoms with Gasteiger partial charge in [-0.25, -0.2) is 0 Å². The number of hydrogen-bond acceptors (Lipinski definition) is 6. The quantitative estimate of drug-likeness (QED) is 0.0262. The van der Waals surface area contributed by atoms with Gasteiger partial charge in [0.15, 0.2) is 6.10 Å². The Kier molecular flexibility index (Phi) is 54.8. The molecule has 0 bridgehead atoms. The summed E-state index contributed by atoms with van der Waals surface area (Å²) in [7, 11) is 0. The van der Waals surface area contributed by atoms with Crippen LogP contribution >= 0.6 is 0 Å². The lowest BCUT2D eigenvalue weighted by atomic mass is 10.0. The van der Waals surface area contributed by atoms with E-state index in [1.165, 1.54) is 167 Å². The van der Waals surface area contributed by atoms with Crippen LogP contribution in [0.2, 0.25) is 0 Å². The molecule has 6 heteroatoms. The summed E-state index contributed by atoms with van der Waals surface area (Å²) in [5, 5.41) is 0. The van der Waals surface area contributed by atoms with Crippen LogP contribution in [-0.4, -0.2) is 37.2 Å². The number of unbranched alkanes of at least 4 members (excludes halogenated alkanes) is 30. The summed E-state index contributed by atoms with van der Waals surface area (Å²) < 4.78 is 16.8. The van der Waals surface area contributed by atoms with Crippen molar-refractivity contribution < 1.29 is 28.6 Å². The highest BCUT2D eigenvalue weighted by Crippen LogP contribution is 2.16. The van der Waals surface area contributed by atoms with Crippen molar-refractivity contribution in [2.75, 3.05) is 13.2 Å². The Bertz CT molecular complexity index is 1290. The van der Waals surface area contributed by atoms with Crippen LogP contribution in [-0.2, 0) is 28.6 Å². The van der Waals surface area contributed by atoms with Gasteiger partial charge in [-0.2, -0.15) is 0 Å². The summed E-state index contributed by atoms with van der Waals surface area (Å²) >= 11 is 0. The van der Waals surface area contributed by atoms with E-state index in [0.717, 1.165) is 77.0 Å². The monoisotopic (exact) mass is 963 g/mol. The molecule has 0 radical (unpaired) electrons. The minimum Gasteiger partial charge on any atom is -0.462 e. The van der Waals surface area contributed by atoms with Gasteiger partial charge in [0.05, 0.1) is 0 Å². The van der Waals surface area contributed by atoms with Gasteiger partial charge in [0.25, 0.3) is 0 Å². The zero-order valence-electron chi connectivity index (χ0n) is 45.6. The van der Waals surface area contributed by atoms with Gasteiger partial charge >= 0.3 is 17.9 Å². The lowest BCUT2D eigenvalue weighted by Crippen LogP contribution is -2.30. The summed E-state index contributed by atoms with van der Waals surface area (Å²) in [6.45, 7) is 6.49. The van der Waals surface area contributed by atoms with E-state index >= 15 is 0 Å². The van der Waals surface area contributed by atoms with Gasteiger partial charge in [0.2, 0.25) is 0 Å². The van der Waals surface area contributed by atoms with Crippen molar-refractivity contribution in [1.82, 2.24) is 0 Å². The fourth-order valence-corrected chi connectivity index (χ4v) is 8.31. The molecule has 0 spiro atoms. The fraction of sp³-hybridized carbons (Fsp3) is 0.762. The molecule has 0 fully saturated rings. The fourth-order valence-electron chi connectivity index (χ4n) is 8.31. The van der Waals surface area contributed by atoms with E-state index in [-0.39, 0.29) is 37.5 Å². The first-order chi connectivity index (χ1) is 34.0. The van der Waals surface area contributed by atoms with Crippen LogP contribution in [0.5, 0.6) is 0 Å². The summed E-state index contributed by atoms with van der Waals surface area (Å²) in [5.41, 5.74) is 0. The van der Waals surface area contributed by atoms with Crippen molar-refractivity contribution in [2.45, 2.75) is 297 Å². The molecule has 0 N–H and O–H groups in total. The molecule has 398 valence electrons. The first-order valence-electron chi connectivity index (χ1n) is 29.4. The van der Waals surface area contributed by atoms with Crippen LogP contribution < -0.4 is 0 Å². The molecule has 0 saturated carbocycles. The normalized spacial score (nSPS) is 12.6. The summed E-state index contributed by atoms with van der Waals surface area (Å²) in [5.74, 6) is -0.982. The van der Waals surface area contributed by atoms with Crippen LogP contribution in [0.1, 0.15) is 290 Å². The topological polar surface area (TPSA) is 78.9 Å². The molecule has 0 aliphatic rings. The Balaban J connectivity index is 4.45. The minimum atomic E-state index is -0.807. The van der Waals surface area contributed by atoms with Gasteiger partial charge < -0.3 is 14.2 Å². The van der Waals surface area contributed by atoms with Crippen molar-refractivity contribution in [3.8, 4) is 0 Å². The molecule has 0 amide bonds. The van der Waals surface area contributed by atoms with Gasteiger partial charge in [-0.3, -0.25) is 14.4 Å². The minimum absolute atomic E-state index is 0.100. The van der Waals surface area contributed by atoms with Crippen molar-refractivity contribution in [1.29, 1.82) is 0 Å². The number of ether oxygens (including phenoxy) is 3. The highest BCUT2D eigenvalue weighted by atomic mass is 16.6. The zero-order chi connectivity index (χ0) is 50.0. The number of rotatable bonds is 53. The van der Waals surface area contributed by atoms with E-state index < -0.39 is 6.10 Å². The van der Waals surface area contributed by atoms with Gasteiger partial charge in [-0.05, 0) is 77.0 Å². The van der Waals surface area contributed by atoms with Crippen molar-refractivity contribution in [3.63, 3.8) is 0 Å². The molecule has 1 atom stereocenters. The molecular weight excluding hydrogens is 853 g/mol. The van der Waals surface area contributed by atoms with Gasteiger partial charge in [0, 0.05) is 19.3 Å². The predicted molar refractivity (Wildman–Crippen MR) is 298 cm³/mol. The molecule has 0 aliphatic heterocycles. The average Bonchev–Trinajstić information content (AvgIpc) is 3.35. The summed E-state index contributed by atoms with van der Waals surface area (Å²) in [4.78, 5) is 38.1. The number of carbonyl (C=O) groups is 3. The standard InChI is InChI=1S/C63H110O6/c1-4-7-10-13-16-19-22-25-28-31-33-35-38-41-44-47-50-53-56-62(65)68-59-60(58-67-61(64)55-52-49-46-43-40-37-34-30-27-24-21-18-15-12-9-6-3)69-63(66)57-54-51-48-45-42-39-36-32-29-26-23-20-17-14-11-8-5-2/h9,12,18,21,27,30,33,35,37,40,46,49,60H,4-8,10-11,13-17,19-20,22-26,28-29,31-32,34,36,38-39,41-45,47-48,50-59H2,1-3H3/b12-9-,21-18-,30-27-,35-33-,40-37-,49-46-. The second-order valence-electron chi connectivity index (χ2n) is 19.5. The average molecular weight is 964 g/mol. The van der Waals surface area contributed by atoms with E-state index in [9.17, 15) is 14.4 Å². The highest BCUT2D eigenvalue weighted by molar-refractivity contribution is 5.71. The molecule has 1 unspecified atom stereocenters. The number of esters is 3. The molecule has 0 aromatic heterocycles. The lowest BCUT2D eigenvalue weighted by Gasteiger charge is -2.18. The van der Waals surface area contributed by atoms with Crippen molar-refractivity contribution >= 4 is 17.9 Å². The van der Waals surface area contributed by atoms with Crippen LogP contribution in [0.15, 0.2) is 72.9 Å². The van der Waals surface area contributed by atoms with E-state index in [0.29, 0.717) is 19.3 Å². The Labute approximate surface area is 427 Å². The molecular formula is C63H110O6. The number of carbonyl (C=O) groups excluding carboxylic acids is 3. The molecule has 0 aromatic rings. The predicted octanol–water partition coefficient (Wildman–Crippen LogP) is 19.8. The number of allylic oxidation sites excluding steroid dienone is 12. The maximum Gasteiger partial charge on any atom is 0.306 e.